The highest BCUT2D eigenvalue weighted by atomic mass is 32.2. The zero-order valence-electron chi connectivity index (χ0n) is 10.6. The second kappa shape index (κ2) is 6.26. The highest BCUT2D eigenvalue weighted by molar-refractivity contribution is 7.84. The second-order valence-corrected chi connectivity index (χ2v) is 6.40. The Balaban J connectivity index is 2.84. The van der Waals surface area contributed by atoms with Gasteiger partial charge in [-0.1, -0.05) is 32.9 Å². The Labute approximate surface area is 105 Å². The highest BCUT2D eigenvalue weighted by Gasteiger charge is 2.17. The summed E-state index contributed by atoms with van der Waals surface area (Å²) in [6.45, 7) is 6.36. The highest BCUT2D eigenvalue weighted by Crippen LogP contribution is 2.17. The molecule has 0 heterocycles. The normalized spacial score (nSPS) is 14.9. The maximum absolute atomic E-state index is 13.6. The molecule has 0 aliphatic rings. The fourth-order valence-corrected chi connectivity index (χ4v) is 2.85. The summed E-state index contributed by atoms with van der Waals surface area (Å²) in [7, 11) is -1.05. The van der Waals surface area contributed by atoms with Crippen molar-refractivity contribution in [3.05, 3.63) is 35.1 Å². The average molecular weight is 257 g/mol. The number of hydrogen-bond acceptors (Lipinski definition) is 2. The van der Waals surface area contributed by atoms with Gasteiger partial charge in [0, 0.05) is 28.2 Å². The minimum absolute atomic E-state index is 0.0657. The zero-order valence-corrected chi connectivity index (χ0v) is 11.4. The monoisotopic (exact) mass is 257 g/mol. The standard InChI is InChI=1S/C13H20FNOS/c1-9(2)10(3)17(16)8-12-6-11(7-15)4-5-13(12)14/h4-6,9-10H,7-8,15H2,1-3H3. The van der Waals surface area contributed by atoms with E-state index in [1.54, 1.807) is 12.1 Å². The molecule has 0 saturated heterocycles. The van der Waals surface area contributed by atoms with Gasteiger partial charge in [-0.15, -0.1) is 0 Å². The van der Waals surface area contributed by atoms with E-state index in [1.165, 1.54) is 6.07 Å². The third-order valence-electron chi connectivity index (χ3n) is 3.00. The third kappa shape index (κ3) is 3.89. The van der Waals surface area contributed by atoms with Gasteiger partial charge in [0.15, 0.2) is 0 Å². The molecule has 0 aromatic heterocycles. The minimum atomic E-state index is -1.05. The number of halogens is 1. The predicted molar refractivity (Wildman–Crippen MR) is 70.4 cm³/mol. The molecule has 1 aromatic carbocycles. The second-order valence-electron chi connectivity index (χ2n) is 4.60. The molecular weight excluding hydrogens is 237 g/mol. The van der Waals surface area contributed by atoms with E-state index < -0.39 is 10.8 Å². The van der Waals surface area contributed by atoms with Crippen molar-refractivity contribution in [1.29, 1.82) is 0 Å². The Morgan fingerprint density at radius 2 is 2.00 bits per heavy atom. The van der Waals surface area contributed by atoms with Crippen LogP contribution in [0.25, 0.3) is 0 Å². The lowest BCUT2D eigenvalue weighted by Crippen LogP contribution is -2.19. The summed E-state index contributed by atoms with van der Waals surface area (Å²) in [5.74, 6) is 0.294. The van der Waals surface area contributed by atoms with Gasteiger partial charge in [-0.05, 0) is 17.5 Å². The van der Waals surface area contributed by atoms with Gasteiger partial charge in [0.05, 0.1) is 5.75 Å². The Kier molecular flexibility index (Phi) is 5.28. The van der Waals surface area contributed by atoms with Crippen LogP contribution < -0.4 is 5.73 Å². The molecule has 17 heavy (non-hydrogen) atoms. The molecule has 0 fully saturated rings. The quantitative estimate of drug-likeness (QED) is 0.881. The molecule has 2 nitrogen and oxygen atoms in total. The molecule has 0 radical (unpaired) electrons. The number of hydrogen-bond donors (Lipinski definition) is 1. The fraction of sp³-hybridized carbons (Fsp3) is 0.538. The smallest absolute Gasteiger partial charge is 0.127 e. The molecule has 2 atom stereocenters. The Morgan fingerprint density at radius 3 is 2.53 bits per heavy atom. The molecule has 0 saturated carbocycles. The number of rotatable bonds is 5. The molecule has 96 valence electrons. The molecule has 0 aliphatic heterocycles. The lowest BCUT2D eigenvalue weighted by atomic mass is 10.1. The first-order chi connectivity index (χ1) is 7.95. The molecule has 4 heteroatoms. The van der Waals surface area contributed by atoms with Crippen molar-refractivity contribution in [2.45, 2.75) is 38.3 Å². The molecule has 0 spiro atoms. The summed E-state index contributed by atoms with van der Waals surface area (Å²) < 4.78 is 25.6. The van der Waals surface area contributed by atoms with Gasteiger partial charge in [0.25, 0.3) is 0 Å². The van der Waals surface area contributed by atoms with Crippen molar-refractivity contribution in [2.75, 3.05) is 0 Å². The number of nitrogens with two attached hydrogens (primary N) is 1. The molecule has 0 bridgehead atoms. The van der Waals surface area contributed by atoms with Crippen LogP contribution in [-0.2, 0) is 23.1 Å². The Bertz CT molecular complexity index is 406. The van der Waals surface area contributed by atoms with E-state index in [0.29, 0.717) is 18.0 Å². The van der Waals surface area contributed by atoms with Crippen LogP contribution in [0, 0.1) is 11.7 Å². The van der Waals surface area contributed by atoms with Gasteiger partial charge in [0.1, 0.15) is 5.82 Å². The van der Waals surface area contributed by atoms with E-state index >= 15 is 0 Å². The van der Waals surface area contributed by atoms with Crippen molar-refractivity contribution in [1.82, 2.24) is 0 Å². The van der Waals surface area contributed by atoms with Crippen LogP contribution in [0.15, 0.2) is 18.2 Å². The van der Waals surface area contributed by atoms with E-state index in [2.05, 4.69) is 0 Å². The molecule has 0 aliphatic carbocycles. The summed E-state index contributed by atoms with van der Waals surface area (Å²) in [5.41, 5.74) is 6.88. The first-order valence-electron chi connectivity index (χ1n) is 5.80. The number of benzene rings is 1. The van der Waals surface area contributed by atoms with Crippen LogP contribution in [0.2, 0.25) is 0 Å². The summed E-state index contributed by atoms with van der Waals surface area (Å²) in [5, 5.41) is 0.0657. The van der Waals surface area contributed by atoms with E-state index in [-0.39, 0.29) is 16.8 Å². The van der Waals surface area contributed by atoms with Crippen molar-refractivity contribution >= 4 is 10.8 Å². The fourth-order valence-electron chi connectivity index (χ4n) is 1.45. The molecular formula is C13H20FNOS. The van der Waals surface area contributed by atoms with Gasteiger partial charge in [-0.2, -0.15) is 0 Å². The third-order valence-corrected chi connectivity index (χ3v) is 4.97. The van der Waals surface area contributed by atoms with E-state index in [1.807, 2.05) is 20.8 Å². The largest absolute Gasteiger partial charge is 0.326 e. The lowest BCUT2D eigenvalue weighted by Gasteiger charge is -2.15. The lowest BCUT2D eigenvalue weighted by molar-refractivity contribution is 0.597. The van der Waals surface area contributed by atoms with Gasteiger partial charge in [-0.25, -0.2) is 4.39 Å². The molecule has 0 amide bonds. The molecule has 2 unspecified atom stereocenters. The Morgan fingerprint density at radius 1 is 1.35 bits per heavy atom. The van der Waals surface area contributed by atoms with Crippen molar-refractivity contribution < 1.29 is 8.60 Å². The van der Waals surface area contributed by atoms with Crippen molar-refractivity contribution in [2.24, 2.45) is 11.7 Å². The maximum Gasteiger partial charge on any atom is 0.127 e. The summed E-state index contributed by atoms with van der Waals surface area (Å²) in [4.78, 5) is 0. The first kappa shape index (κ1) is 14.3. The Hall–Kier alpha value is -0.740. The van der Waals surface area contributed by atoms with Gasteiger partial charge in [0.2, 0.25) is 0 Å². The van der Waals surface area contributed by atoms with Crippen LogP contribution in [0.4, 0.5) is 4.39 Å². The topological polar surface area (TPSA) is 43.1 Å². The van der Waals surface area contributed by atoms with Crippen LogP contribution in [0.5, 0.6) is 0 Å². The SMILES string of the molecule is CC(C)C(C)S(=O)Cc1cc(CN)ccc1F. The molecule has 2 N–H and O–H groups in total. The van der Waals surface area contributed by atoms with Crippen LogP contribution >= 0.6 is 0 Å². The zero-order chi connectivity index (χ0) is 13.0. The molecule has 1 aromatic rings. The van der Waals surface area contributed by atoms with Crippen LogP contribution in [-0.4, -0.2) is 9.46 Å². The van der Waals surface area contributed by atoms with E-state index in [0.717, 1.165) is 5.56 Å². The van der Waals surface area contributed by atoms with Gasteiger partial charge >= 0.3 is 0 Å². The summed E-state index contributed by atoms with van der Waals surface area (Å²) in [6, 6.07) is 4.77. The maximum atomic E-state index is 13.6. The van der Waals surface area contributed by atoms with E-state index in [9.17, 15) is 8.60 Å². The van der Waals surface area contributed by atoms with E-state index in [4.69, 9.17) is 5.73 Å². The predicted octanol–water partition coefficient (Wildman–Crippen LogP) is 2.58. The van der Waals surface area contributed by atoms with Gasteiger partial charge in [-0.3, -0.25) is 4.21 Å². The van der Waals surface area contributed by atoms with Crippen LogP contribution in [0.3, 0.4) is 0 Å². The summed E-state index contributed by atoms with van der Waals surface area (Å²) in [6.07, 6.45) is 0. The van der Waals surface area contributed by atoms with Crippen molar-refractivity contribution in [3.63, 3.8) is 0 Å². The van der Waals surface area contributed by atoms with Crippen molar-refractivity contribution in [3.8, 4) is 0 Å². The molecule has 1 rings (SSSR count). The first-order valence-corrected chi connectivity index (χ1v) is 7.18. The average Bonchev–Trinajstić information content (AvgIpc) is 2.30. The minimum Gasteiger partial charge on any atom is -0.326 e. The van der Waals surface area contributed by atoms with Gasteiger partial charge < -0.3 is 5.73 Å². The van der Waals surface area contributed by atoms with Crippen LogP contribution in [0.1, 0.15) is 31.9 Å². The summed E-state index contributed by atoms with van der Waals surface area (Å²) >= 11 is 0.